The van der Waals surface area contributed by atoms with Crippen LogP contribution in [0.1, 0.15) is 16.3 Å². The van der Waals surface area contributed by atoms with Crippen LogP contribution >= 0.6 is 0 Å². The second-order valence-electron chi connectivity index (χ2n) is 4.37. The van der Waals surface area contributed by atoms with Gasteiger partial charge >= 0.3 is 5.97 Å². The van der Waals surface area contributed by atoms with Gasteiger partial charge in [0.15, 0.2) is 0 Å². The standard InChI is InChI=1S/C12H17N3O4/c16-11(8-15-5-3-13-4-6-15)14-7-9-1-2-10(19-9)12(17)18/h1-2,13H,3-8H2,(H,14,16)(H,17,18). The normalized spacial score (nSPS) is 16.2. The fraction of sp³-hybridized carbons (Fsp3) is 0.500. The zero-order valence-electron chi connectivity index (χ0n) is 10.5. The van der Waals surface area contributed by atoms with E-state index in [2.05, 4.69) is 15.5 Å². The van der Waals surface area contributed by atoms with E-state index in [1.165, 1.54) is 6.07 Å². The highest BCUT2D eigenvalue weighted by Gasteiger charge is 2.14. The summed E-state index contributed by atoms with van der Waals surface area (Å²) in [6.45, 7) is 4.07. The van der Waals surface area contributed by atoms with Crippen LogP contribution in [0.25, 0.3) is 0 Å². The quantitative estimate of drug-likeness (QED) is 0.665. The number of nitrogens with zero attached hydrogens (tertiary/aromatic N) is 1. The van der Waals surface area contributed by atoms with Gasteiger partial charge in [0.2, 0.25) is 11.7 Å². The molecule has 1 aliphatic rings. The van der Waals surface area contributed by atoms with E-state index in [-0.39, 0.29) is 18.2 Å². The first-order chi connectivity index (χ1) is 9.15. The Bertz CT molecular complexity index is 452. The molecule has 0 spiro atoms. The summed E-state index contributed by atoms with van der Waals surface area (Å²) < 4.78 is 5.05. The molecular weight excluding hydrogens is 250 g/mol. The fourth-order valence-electron chi connectivity index (χ4n) is 1.90. The first-order valence-electron chi connectivity index (χ1n) is 6.17. The van der Waals surface area contributed by atoms with Gasteiger partial charge in [0, 0.05) is 26.2 Å². The fourth-order valence-corrected chi connectivity index (χ4v) is 1.90. The maximum absolute atomic E-state index is 11.7. The third kappa shape index (κ3) is 4.08. The summed E-state index contributed by atoms with van der Waals surface area (Å²) in [5.74, 6) is -0.883. The number of amides is 1. The van der Waals surface area contributed by atoms with Gasteiger partial charge in [0.25, 0.3) is 0 Å². The molecule has 1 saturated heterocycles. The molecule has 104 valence electrons. The van der Waals surface area contributed by atoms with E-state index in [0.717, 1.165) is 26.2 Å². The molecule has 7 heteroatoms. The van der Waals surface area contributed by atoms with Crippen LogP contribution in [-0.2, 0) is 11.3 Å². The smallest absolute Gasteiger partial charge is 0.371 e. The molecule has 1 aromatic heterocycles. The van der Waals surface area contributed by atoms with Gasteiger partial charge in [-0.25, -0.2) is 4.79 Å². The molecule has 0 radical (unpaired) electrons. The van der Waals surface area contributed by atoms with Crippen molar-refractivity contribution < 1.29 is 19.1 Å². The summed E-state index contributed by atoms with van der Waals surface area (Å²) in [7, 11) is 0. The Morgan fingerprint density at radius 3 is 2.74 bits per heavy atom. The third-order valence-corrected chi connectivity index (χ3v) is 2.91. The van der Waals surface area contributed by atoms with Gasteiger partial charge in [-0.1, -0.05) is 0 Å². The molecule has 1 fully saturated rings. The molecule has 0 bridgehead atoms. The van der Waals surface area contributed by atoms with Crippen molar-refractivity contribution in [3.63, 3.8) is 0 Å². The molecule has 2 heterocycles. The minimum Gasteiger partial charge on any atom is -0.475 e. The lowest BCUT2D eigenvalue weighted by Crippen LogP contribution is -2.47. The second kappa shape index (κ2) is 6.35. The predicted octanol–water partition coefficient (Wildman–Crippen LogP) is -0.501. The Kier molecular flexibility index (Phi) is 4.53. The van der Waals surface area contributed by atoms with Crippen LogP contribution in [0.2, 0.25) is 0 Å². The molecule has 0 atom stereocenters. The topological polar surface area (TPSA) is 94.8 Å². The minimum absolute atomic E-state index is 0.0878. The highest BCUT2D eigenvalue weighted by molar-refractivity contribution is 5.84. The molecule has 3 N–H and O–H groups in total. The van der Waals surface area contributed by atoms with Crippen LogP contribution in [0, 0.1) is 0 Å². The van der Waals surface area contributed by atoms with Crippen LogP contribution in [0.5, 0.6) is 0 Å². The molecule has 0 unspecified atom stereocenters. The van der Waals surface area contributed by atoms with Crippen molar-refractivity contribution in [2.24, 2.45) is 0 Å². The minimum atomic E-state index is -1.11. The Labute approximate surface area is 110 Å². The maximum atomic E-state index is 11.7. The van der Waals surface area contributed by atoms with E-state index < -0.39 is 5.97 Å². The molecule has 1 amide bonds. The summed E-state index contributed by atoms with van der Waals surface area (Å²) in [5.41, 5.74) is 0. The van der Waals surface area contributed by atoms with Crippen molar-refractivity contribution in [1.82, 2.24) is 15.5 Å². The van der Waals surface area contributed by atoms with Crippen molar-refractivity contribution in [3.8, 4) is 0 Å². The van der Waals surface area contributed by atoms with E-state index in [0.29, 0.717) is 12.3 Å². The maximum Gasteiger partial charge on any atom is 0.371 e. The van der Waals surface area contributed by atoms with E-state index in [9.17, 15) is 9.59 Å². The Hall–Kier alpha value is -1.86. The number of hydrogen-bond acceptors (Lipinski definition) is 5. The van der Waals surface area contributed by atoms with Gasteiger partial charge in [-0.05, 0) is 12.1 Å². The Morgan fingerprint density at radius 1 is 1.37 bits per heavy atom. The van der Waals surface area contributed by atoms with E-state index in [4.69, 9.17) is 9.52 Å². The summed E-state index contributed by atoms with van der Waals surface area (Å²) in [6.07, 6.45) is 0. The second-order valence-corrected chi connectivity index (χ2v) is 4.37. The third-order valence-electron chi connectivity index (χ3n) is 2.91. The molecule has 0 saturated carbocycles. The van der Waals surface area contributed by atoms with E-state index >= 15 is 0 Å². The first-order valence-corrected chi connectivity index (χ1v) is 6.17. The zero-order chi connectivity index (χ0) is 13.7. The summed E-state index contributed by atoms with van der Waals surface area (Å²) in [6, 6.07) is 2.93. The lowest BCUT2D eigenvalue weighted by Gasteiger charge is -2.26. The highest BCUT2D eigenvalue weighted by Crippen LogP contribution is 2.07. The van der Waals surface area contributed by atoms with E-state index in [1.807, 2.05) is 0 Å². The monoisotopic (exact) mass is 267 g/mol. The Balaban J connectivity index is 1.74. The molecular formula is C12H17N3O4. The van der Waals surface area contributed by atoms with E-state index in [1.54, 1.807) is 6.07 Å². The number of furan rings is 1. The number of carboxylic acid groups (broad SMARTS) is 1. The largest absolute Gasteiger partial charge is 0.475 e. The van der Waals surface area contributed by atoms with Crippen molar-refractivity contribution in [2.75, 3.05) is 32.7 Å². The van der Waals surface area contributed by atoms with Gasteiger partial charge in [-0.3, -0.25) is 9.69 Å². The number of carboxylic acids is 1. The number of carbonyl (C=O) groups is 2. The lowest BCUT2D eigenvalue weighted by molar-refractivity contribution is -0.122. The lowest BCUT2D eigenvalue weighted by atomic mass is 10.3. The molecule has 1 aromatic rings. The van der Waals surface area contributed by atoms with Crippen LogP contribution in [0.15, 0.2) is 16.5 Å². The molecule has 19 heavy (non-hydrogen) atoms. The summed E-state index contributed by atoms with van der Waals surface area (Å²) >= 11 is 0. The average Bonchev–Trinajstić information content (AvgIpc) is 2.86. The van der Waals surface area contributed by atoms with Crippen LogP contribution in [0.3, 0.4) is 0 Å². The zero-order valence-corrected chi connectivity index (χ0v) is 10.5. The number of rotatable bonds is 5. The van der Waals surface area contributed by atoms with Gasteiger partial charge in [0.1, 0.15) is 5.76 Å². The van der Waals surface area contributed by atoms with Crippen LogP contribution in [-0.4, -0.2) is 54.6 Å². The van der Waals surface area contributed by atoms with Crippen molar-refractivity contribution in [2.45, 2.75) is 6.54 Å². The highest BCUT2D eigenvalue weighted by atomic mass is 16.4. The van der Waals surface area contributed by atoms with Crippen LogP contribution in [0.4, 0.5) is 0 Å². The molecule has 2 rings (SSSR count). The Morgan fingerprint density at radius 2 is 2.11 bits per heavy atom. The number of hydrogen-bond donors (Lipinski definition) is 3. The molecule has 0 aromatic carbocycles. The van der Waals surface area contributed by atoms with Gasteiger partial charge in [-0.15, -0.1) is 0 Å². The molecule has 1 aliphatic heterocycles. The average molecular weight is 267 g/mol. The van der Waals surface area contributed by atoms with Crippen molar-refractivity contribution >= 4 is 11.9 Å². The van der Waals surface area contributed by atoms with Crippen LogP contribution < -0.4 is 10.6 Å². The van der Waals surface area contributed by atoms with Gasteiger partial charge < -0.3 is 20.2 Å². The number of nitrogens with one attached hydrogen (secondary N) is 2. The summed E-state index contributed by atoms with van der Waals surface area (Å²) in [4.78, 5) is 24.4. The summed E-state index contributed by atoms with van der Waals surface area (Å²) in [5, 5.41) is 14.6. The molecule has 0 aliphatic carbocycles. The number of aromatic carboxylic acids is 1. The molecule has 7 nitrogen and oxygen atoms in total. The van der Waals surface area contributed by atoms with Crippen molar-refractivity contribution in [3.05, 3.63) is 23.7 Å². The van der Waals surface area contributed by atoms with Crippen molar-refractivity contribution in [1.29, 1.82) is 0 Å². The van der Waals surface area contributed by atoms with Gasteiger partial charge in [-0.2, -0.15) is 0 Å². The number of piperazine rings is 1. The number of carbonyl (C=O) groups excluding carboxylic acids is 1. The predicted molar refractivity (Wildman–Crippen MR) is 66.8 cm³/mol. The SMILES string of the molecule is O=C(CN1CCNCC1)NCc1ccc(C(=O)O)o1. The first kappa shape index (κ1) is 13.6. The van der Waals surface area contributed by atoms with Gasteiger partial charge in [0.05, 0.1) is 13.1 Å².